The molecule has 0 aliphatic heterocycles. The van der Waals surface area contributed by atoms with E-state index in [2.05, 4.69) is 10.3 Å². The van der Waals surface area contributed by atoms with Crippen LogP contribution in [-0.2, 0) is 16.4 Å². The monoisotopic (exact) mass is 344 g/mol. The molecule has 0 aliphatic rings. The van der Waals surface area contributed by atoms with Crippen molar-refractivity contribution in [2.45, 2.75) is 11.3 Å². The number of carbonyl (C=O) groups is 1. The molecule has 0 bridgehead atoms. The number of nitrogens with one attached hydrogen (secondary N) is 1. The Labute approximate surface area is 139 Å². The number of carbonyl (C=O) groups excluding carboxylic acids is 1. The predicted octanol–water partition coefficient (Wildman–Crippen LogP) is 0.954. The maximum absolute atomic E-state index is 12.1. The van der Waals surface area contributed by atoms with Gasteiger partial charge in [0.15, 0.2) is 0 Å². The van der Waals surface area contributed by atoms with Crippen molar-refractivity contribution in [3.8, 4) is 0 Å². The summed E-state index contributed by atoms with van der Waals surface area (Å²) < 4.78 is 24.2. The fraction of sp³-hybridized carbons (Fsp3) is 0.125. The SMILES string of the molecule is NS(=O)(=O)c1ccc(CCNC(=O)c2ccc3nccn3c2)cc1. The molecule has 2 aromatic heterocycles. The molecule has 0 radical (unpaired) electrons. The molecule has 0 saturated carbocycles. The normalized spacial score (nSPS) is 11.5. The van der Waals surface area contributed by atoms with Crippen molar-refractivity contribution < 1.29 is 13.2 Å². The molecule has 0 fully saturated rings. The Bertz CT molecular complexity index is 978. The fourth-order valence-corrected chi connectivity index (χ4v) is 2.84. The van der Waals surface area contributed by atoms with Crippen LogP contribution in [0.4, 0.5) is 0 Å². The van der Waals surface area contributed by atoms with Gasteiger partial charge in [-0.15, -0.1) is 0 Å². The van der Waals surface area contributed by atoms with Crippen molar-refractivity contribution in [2.75, 3.05) is 6.54 Å². The van der Waals surface area contributed by atoms with Gasteiger partial charge in [0.05, 0.1) is 10.5 Å². The van der Waals surface area contributed by atoms with E-state index < -0.39 is 10.0 Å². The minimum Gasteiger partial charge on any atom is -0.352 e. The maximum Gasteiger partial charge on any atom is 0.252 e. The number of nitrogens with zero attached hydrogens (tertiary/aromatic N) is 2. The molecule has 8 heteroatoms. The second-order valence-electron chi connectivity index (χ2n) is 5.31. The Morgan fingerprint density at radius 3 is 2.62 bits per heavy atom. The molecular formula is C16H16N4O3S. The first-order valence-corrected chi connectivity index (χ1v) is 8.81. The summed E-state index contributed by atoms with van der Waals surface area (Å²) in [5.74, 6) is -0.174. The Morgan fingerprint density at radius 1 is 1.17 bits per heavy atom. The van der Waals surface area contributed by atoms with Gasteiger partial charge in [-0.1, -0.05) is 12.1 Å². The first kappa shape index (κ1) is 16.2. The highest BCUT2D eigenvalue weighted by Gasteiger charge is 2.08. The van der Waals surface area contributed by atoms with E-state index in [0.717, 1.165) is 11.2 Å². The lowest BCUT2D eigenvalue weighted by molar-refractivity contribution is 0.0953. The van der Waals surface area contributed by atoms with Crippen molar-refractivity contribution in [1.82, 2.24) is 14.7 Å². The molecule has 124 valence electrons. The van der Waals surface area contributed by atoms with Crippen molar-refractivity contribution in [3.63, 3.8) is 0 Å². The van der Waals surface area contributed by atoms with Gasteiger partial charge in [-0.3, -0.25) is 4.79 Å². The van der Waals surface area contributed by atoms with E-state index in [1.54, 1.807) is 47.3 Å². The highest BCUT2D eigenvalue weighted by molar-refractivity contribution is 7.89. The molecule has 0 saturated heterocycles. The van der Waals surface area contributed by atoms with Crippen LogP contribution < -0.4 is 10.5 Å². The second-order valence-corrected chi connectivity index (χ2v) is 6.87. The quantitative estimate of drug-likeness (QED) is 0.719. The van der Waals surface area contributed by atoms with Gasteiger partial charge >= 0.3 is 0 Å². The maximum atomic E-state index is 12.1. The summed E-state index contributed by atoms with van der Waals surface area (Å²) in [7, 11) is -3.68. The topological polar surface area (TPSA) is 107 Å². The zero-order valence-electron chi connectivity index (χ0n) is 12.7. The number of amides is 1. The number of hydrogen-bond acceptors (Lipinski definition) is 4. The highest BCUT2D eigenvalue weighted by atomic mass is 32.2. The Hall–Kier alpha value is -2.71. The molecular weight excluding hydrogens is 328 g/mol. The van der Waals surface area contributed by atoms with Crippen molar-refractivity contribution in [2.24, 2.45) is 5.14 Å². The number of aromatic nitrogens is 2. The predicted molar refractivity (Wildman–Crippen MR) is 89.0 cm³/mol. The van der Waals surface area contributed by atoms with Gasteiger partial charge in [0.25, 0.3) is 5.91 Å². The van der Waals surface area contributed by atoms with Crippen LogP contribution in [0.5, 0.6) is 0 Å². The summed E-state index contributed by atoms with van der Waals surface area (Å²) in [6, 6.07) is 9.78. The summed E-state index contributed by atoms with van der Waals surface area (Å²) in [6.07, 6.45) is 5.75. The molecule has 0 atom stereocenters. The van der Waals surface area contributed by atoms with E-state index in [1.807, 2.05) is 0 Å². The minimum atomic E-state index is -3.68. The molecule has 1 amide bonds. The minimum absolute atomic E-state index is 0.0731. The molecule has 3 N–H and O–H groups in total. The lowest BCUT2D eigenvalue weighted by Crippen LogP contribution is -2.25. The number of fused-ring (bicyclic) bond motifs is 1. The molecule has 0 unspecified atom stereocenters. The van der Waals surface area contributed by atoms with E-state index in [9.17, 15) is 13.2 Å². The van der Waals surface area contributed by atoms with E-state index in [4.69, 9.17) is 5.14 Å². The Balaban J connectivity index is 1.58. The smallest absolute Gasteiger partial charge is 0.252 e. The fourth-order valence-electron chi connectivity index (χ4n) is 2.32. The van der Waals surface area contributed by atoms with Crippen LogP contribution in [-0.4, -0.2) is 30.3 Å². The lowest BCUT2D eigenvalue weighted by atomic mass is 10.1. The number of benzene rings is 1. The number of nitrogens with two attached hydrogens (primary N) is 1. The summed E-state index contributed by atoms with van der Waals surface area (Å²) in [5, 5.41) is 7.89. The Morgan fingerprint density at radius 2 is 1.92 bits per heavy atom. The van der Waals surface area contributed by atoms with E-state index >= 15 is 0 Å². The van der Waals surface area contributed by atoms with Crippen LogP contribution in [0.1, 0.15) is 15.9 Å². The van der Waals surface area contributed by atoms with E-state index in [-0.39, 0.29) is 10.8 Å². The molecule has 7 nitrogen and oxygen atoms in total. The Kier molecular flexibility index (Phi) is 4.32. The highest BCUT2D eigenvalue weighted by Crippen LogP contribution is 2.09. The van der Waals surface area contributed by atoms with Crippen molar-refractivity contribution >= 4 is 21.6 Å². The van der Waals surface area contributed by atoms with Gasteiger partial charge in [-0.05, 0) is 36.2 Å². The third-order valence-electron chi connectivity index (χ3n) is 3.60. The summed E-state index contributed by atoms with van der Waals surface area (Å²) in [5.41, 5.74) is 2.24. The van der Waals surface area contributed by atoms with Crippen LogP contribution >= 0.6 is 0 Å². The van der Waals surface area contributed by atoms with Crippen molar-refractivity contribution in [3.05, 3.63) is 66.1 Å². The third kappa shape index (κ3) is 3.61. The van der Waals surface area contributed by atoms with Gasteiger partial charge < -0.3 is 9.72 Å². The molecule has 3 rings (SSSR count). The van der Waals surface area contributed by atoms with Crippen LogP contribution in [0.25, 0.3) is 5.65 Å². The van der Waals surface area contributed by atoms with Gasteiger partial charge in [-0.25, -0.2) is 18.5 Å². The molecule has 3 aromatic rings. The van der Waals surface area contributed by atoms with Crippen LogP contribution in [0, 0.1) is 0 Å². The van der Waals surface area contributed by atoms with Gasteiger partial charge in [0.1, 0.15) is 5.65 Å². The van der Waals surface area contributed by atoms with Crippen molar-refractivity contribution in [1.29, 1.82) is 0 Å². The number of hydrogen-bond donors (Lipinski definition) is 2. The average molecular weight is 344 g/mol. The molecule has 1 aromatic carbocycles. The number of primary sulfonamides is 1. The van der Waals surface area contributed by atoms with Crippen LogP contribution in [0.15, 0.2) is 59.9 Å². The van der Waals surface area contributed by atoms with Gasteiger partial charge in [0.2, 0.25) is 10.0 Å². The number of imidazole rings is 1. The van der Waals surface area contributed by atoms with Crippen LogP contribution in [0.3, 0.4) is 0 Å². The molecule has 0 aliphatic carbocycles. The standard InChI is InChI=1S/C16H16N4O3S/c17-24(22,23)14-4-1-12(2-5-14)7-8-19-16(21)13-3-6-15-18-9-10-20(15)11-13/h1-6,9-11H,7-8H2,(H,19,21)(H2,17,22,23). The molecule has 24 heavy (non-hydrogen) atoms. The van der Waals surface area contributed by atoms with E-state index in [1.165, 1.54) is 12.1 Å². The average Bonchev–Trinajstić information content (AvgIpc) is 3.02. The molecule has 0 spiro atoms. The summed E-state index contributed by atoms with van der Waals surface area (Å²) in [4.78, 5) is 16.3. The zero-order valence-corrected chi connectivity index (χ0v) is 13.5. The summed E-state index contributed by atoms with van der Waals surface area (Å²) >= 11 is 0. The van der Waals surface area contributed by atoms with Gasteiger partial charge in [0, 0.05) is 25.1 Å². The second kappa shape index (κ2) is 6.42. The van der Waals surface area contributed by atoms with Crippen LogP contribution in [0.2, 0.25) is 0 Å². The number of pyridine rings is 1. The largest absolute Gasteiger partial charge is 0.352 e. The first-order valence-electron chi connectivity index (χ1n) is 7.26. The van der Waals surface area contributed by atoms with E-state index in [0.29, 0.717) is 18.5 Å². The number of rotatable bonds is 5. The first-order chi connectivity index (χ1) is 11.4. The van der Waals surface area contributed by atoms with Gasteiger partial charge in [-0.2, -0.15) is 0 Å². The zero-order chi connectivity index (χ0) is 17.2. The lowest BCUT2D eigenvalue weighted by Gasteiger charge is -2.06. The molecule has 2 heterocycles. The number of sulfonamides is 1. The summed E-state index contributed by atoms with van der Waals surface area (Å²) in [6.45, 7) is 0.440. The third-order valence-corrected chi connectivity index (χ3v) is 4.53.